The van der Waals surface area contributed by atoms with E-state index in [0.717, 1.165) is 13.0 Å². The Kier molecular flexibility index (Phi) is 5.08. The Balaban J connectivity index is 2.10. The minimum absolute atomic E-state index is 0.109. The first kappa shape index (κ1) is 18.2. The van der Waals surface area contributed by atoms with E-state index in [-0.39, 0.29) is 10.5 Å². The highest BCUT2D eigenvalue weighted by Gasteiger charge is 2.39. The maximum Gasteiger partial charge on any atom is 0.192 e. The Labute approximate surface area is 143 Å². The van der Waals surface area contributed by atoms with Gasteiger partial charge in [-0.15, -0.1) is 0 Å². The molecular weight excluding hydrogens is 296 g/mol. The molecule has 1 aromatic rings. The predicted octanol–water partition coefficient (Wildman–Crippen LogP) is 6.45. The van der Waals surface area contributed by atoms with Crippen LogP contribution in [0.15, 0.2) is 48.1 Å². The van der Waals surface area contributed by atoms with Crippen molar-refractivity contribution in [3.8, 4) is 0 Å². The van der Waals surface area contributed by atoms with Gasteiger partial charge in [-0.3, -0.25) is 0 Å². The highest BCUT2D eigenvalue weighted by molar-refractivity contribution is 6.74. The second-order valence-corrected chi connectivity index (χ2v) is 13.6. The second kappa shape index (κ2) is 6.41. The topological polar surface area (TPSA) is 9.23 Å². The summed E-state index contributed by atoms with van der Waals surface area (Å²) in [5.74, 6) is 0. The van der Waals surface area contributed by atoms with Gasteiger partial charge in [0.05, 0.1) is 0 Å². The number of hydrogen-bond acceptors (Lipinski definition) is 1. The quantitative estimate of drug-likeness (QED) is 0.577. The van der Waals surface area contributed by atoms with Gasteiger partial charge in [0.2, 0.25) is 0 Å². The Morgan fingerprint density at radius 3 is 2.26 bits per heavy atom. The van der Waals surface area contributed by atoms with Gasteiger partial charge in [0.15, 0.2) is 8.32 Å². The number of allylic oxidation sites excluding steroid dienone is 3. The standard InChI is InChI=1S/C21H32OSi/c1-17-15-21(5,16-22-23(6,7)20(2,3)4)14-13-19(17)18-11-9-8-10-12-18/h8-14H,15-16H2,1-7H3. The lowest BCUT2D eigenvalue weighted by Gasteiger charge is -2.40. The third kappa shape index (κ3) is 4.24. The average Bonchev–Trinajstić information content (AvgIpc) is 2.45. The van der Waals surface area contributed by atoms with Crippen molar-refractivity contribution >= 4 is 13.9 Å². The molecule has 0 aliphatic heterocycles. The summed E-state index contributed by atoms with van der Waals surface area (Å²) in [5.41, 5.74) is 4.25. The van der Waals surface area contributed by atoms with Gasteiger partial charge in [-0.1, -0.05) is 75.8 Å². The third-order valence-corrected chi connectivity index (χ3v) is 9.91. The zero-order valence-electron chi connectivity index (χ0n) is 15.9. The van der Waals surface area contributed by atoms with Crippen LogP contribution < -0.4 is 0 Å². The molecule has 2 rings (SSSR count). The van der Waals surface area contributed by atoms with Crippen LogP contribution in [0.1, 0.15) is 46.6 Å². The van der Waals surface area contributed by atoms with E-state index >= 15 is 0 Å². The van der Waals surface area contributed by atoms with E-state index in [4.69, 9.17) is 4.43 Å². The molecule has 0 fully saturated rings. The SMILES string of the molecule is CC1=C(c2ccccc2)C=CC(C)(CO[Si](C)(C)C(C)(C)C)C1. The van der Waals surface area contributed by atoms with Crippen LogP contribution in [-0.2, 0) is 4.43 Å². The fourth-order valence-corrected chi connectivity index (χ4v) is 3.93. The minimum atomic E-state index is -1.69. The maximum absolute atomic E-state index is 6.49. The van der Waals surface area contributed by atoms with Crippen LogP contribution >= 0.6 is 0 Å². The van der Waals surface area contributed by atoms with Gasteiger partial charge in [0, 0.05) is 12.0 Å². The van der Waals surface area contributed by atoms with Crippen LogP contribution in [0.3, 0.4) is 0 Å². The molecule has 0 saturated heterocycles. The molecular formula is C21H32OSi. The molecule has 126 valence electrons. The lowest BCUT2D eigenvalue weighted by molar-refractivity contribution is 0.187. The normalized spacial score (nSPS) is 22.6. The third-order valence-electron chi connectivity index (χ3n) is 5.43. The Morgan fingerprint density at radius 1 is 1.13 bits per heavy atom. The summed E-state index contributed by atoms with van der Waals surface area (Å²) in [6.07, 6.45) is 5.72. The molecule has 1 aliphatic carbocycles. The second-order valence-electron chi connectivity index (χ2n) is 8.77. The zero-order chi connectivity index (χ0) is 17.3. The Bertz CT molecular complexity index is 604. The summed E-state index contributed by atoms with van der Waals surface area (Å²) in [6.45, 7) is 17.0. The summed E-state index contributed by atoms with van der Waals surface area (Å²) in [6, 6.07) is 10.7. The summed E-state index contributed by atoms with van der Waals surface area (Å²) >= 11 is 0. The highest BCUT2D eigenvalue weighted by atomic mass is 28.4. The van der Waals surface area contributed by atoms with Crippen LogP contribution in [0.25, 0.3) is 5.57 Å². The molecule has 0 N–H and O–H groups in total. The van der Waals surface area contributed by atoms with Gasteiger partial charge in [-0.05, 0) is 42.6 Å². The fraction of sp³-hybridized carbons (Fsp3) is 0.524. The maximum atomic E-state index is 6.49. The summed E-state index contributed by atoms with van der Waals surface area (Å²) in [4.78, 5) is 0. The van der Waals surface area contributed by atoms with Crippen molar-refractivity contribution in [1.29, 1.82) is 0 Å². The van der Waals surface area contributed by atoms with E-state index in [1.807, 2.05) is 0 Å². The van der Waals surface area contributed by atoms with Gasteiger partial charge in [-0.2, -0.15) is 0 Å². The van der Waals surface area contributed by atoms with Crippen LogP contribution in [0, 0.1) is 5.41 Å². The van der Waals surface area contributed by atoms with Crippen LogP contribution in [0.4, 0.5) is 0 Å². The van der Waals surface area contributed by atoms with E-state index in [1.165, 1.54) is 16.7 Å². The first-order valence-electron chi connectivity index (χ1n) is 8.62. The molecule has 1 atom stereocenters. The van der Waals surface area contributed by atoms with Crippen molar-refractivity contribution in [1.82, 2.24) is 0 Å². The van der Waals surface area contributed by atoms with Gasteiger partial charge in [-0.25, -0.2) is 0 Å². The molecule has 0 spiro atoms. The fourth-order valence-electron chi connectivity index (χ4n) is 2.81. The van der Waals surface area contributed by atoms with Gasteiger partial charge in [0.25, 0.3) is 0 Å². The van der Waals surface area contributed by atoms with E-state index in [9.17, 15) is 0 Å². The molecule has 1 aliphatic rings. The van der Waals surface area contributed by atoms with Crippen molar-refractivity contribution in [3.05, 3.63) is 53.6 Å². The van der Waals surface area contributed by atoms with Crippen molar-refractivity contribution < 1.29 is 4.43 Å². The molecule has 0 amide bonds. The van der Waals surface area contributed by atoms with E-state index < -0.39 is 8.32 Å². The first-order valence-corrected chi connectivity index (χ1v) is 11.5. The number of hydrogen-bond donors (Lipinski definition) is 0. The molecule has 0 heterocycles. The van der Waals surface area contributed by atoms with Crippen LogP contribution in [-0.4, -0.2) is 14.9 Å². The summed E-state index contributed by atoms with van der Waals surface area (Å²) in [7, 11) is -1.69. The lowest BCUT2D eigenvalue weighted by atomic mass is 9.77. The molecule has 23 heavy (non-hydrogen) atoms. The van der Waals surface area contributed by atoms with Crippen molar-refractivity contribution in [3.63, 3.8) is 0 Å². The van der Waals surface area contributed by atoms with Crippen molar-refractivity contribution in [2.24, 2.45) is 5.41 Å². The highest BCUT2D eigenvalue weighted by Crippen LogP contribution is 2.41. The number of rotatable bonds is 4. The molecule has 0 radical (unpaired) electrons. The van der Waals surface area contributed by atoms with Gasteiger partial charge >= 0.3 is 0 Å². The lowest BCUT2D eigenvalue weighted by Crippen LogP contribution is -2.43. The largest absolute Gasteiger partial charge is 0.416 e. The van der Waals surface area contributed by atoms with Gasteiger partial charge in [0.1, 0.15) is 0 Å². The molecule has 1 nitrogen and oxygen atoms in total. The molecule has 2 heteroatoms. The molecule has 0 aromatic heterocycles. The average molecular weight is 329 g/mol. The van der Waals surface area contributed by atoms with E-state index in [1.54, 1.807) is 0 Å². The Morgan fingerprint density at radius 2 is 1.74 bits per heavy atom. The van der Waals surface area contributed by atoms with Crippen molar-refractivity contribution in [2.45, 2.75) is 59.2 Å². The Hall–Kier alpha value is -1.12. The minimum Gasteiger partial charge on any atom is -0.416 e. The smallest absolute Gasteiger partial charge is 0.192 e. The summed E-state index contributed by atoms with van der Waals surface area (Å²) < 4.78 is 6.49. The molecule has 0 bridgehead atoms. The zero-order valence-corrected chi connectivity index (χ0v) is 16.9. The molecule has 0 saturated carbocycles. The van der Waals surface area contributed by atoms with Gasteiger partial charge < -0.3 is 4.43 Å². The van der Waals surface area contributed by atoms with E-state index in [0.29, 0.717) is 0 Å². The molecule has 1 unspecified atom stereocenters. The monoisotopic (exact) mass is 328 g/mol. The van der Waals surface area contributed by atoms with Crippen LogP contribution in [0.2, 0.25) is 18.1 Å². The van der Waals surface area contributed by atoms with Crippen molar-refractivity contribution in [2.75, 3.05) is 6.61 Å². The predicted molar refractivity (Wildman–Crippen MR) is 104 cm³/mol. The summed E-state index contributed by atoms with van der Waals surface area (Å²) in [5, 5.41) is 0.266. The number of benzene rings is 1. The first-order chi connectivity index (χ1) is 10.5. The van der Waals surface area contributed by atoms with Crippen LogP contribution in [0.5, 0.6) is 0 Å². The van der Waals surface area contributed by atoms with E-state index in [2.05, 4.69) is 90.2 Å². The molecule has 1 aromatic carbocycles.